The molecule has 15 nitrogen and oxygen atoms in total. The first kappa shape index (κ1) is 50.4. The first-order valence-corrected chi connectivity index (χ1v) is 29.1. The predicted molar refractivity (Wildman–Crippen MR) is 239 cm³/mol. The maximum Gasteiger partial charge on any atom is 0.261 e. The lowest BCUT2D eigenvalue weighted by atomic mass is 10.1. The molecule has 0 bridgehead atoms. The van der Waals surface area contributed by atoms with Crippen molar-refractivity contribution in [2.24, 2.45) is 0 Å². The first-order valence-electron chi connectivity index (χ1n) is 21.6. The van der Waals surface area contributed by atoms with Crippen LogP contribution in [0.3, 0.4) is 0 Å². The average molecular weight is 887 g/mol. The number of rotatable bonds is 34. The molecule has 2 heterocycles. The van der Waals surface area contributed by atoms with E-state index >= 15 is 0 Å². The van der Waals surface area contributed by atoms with Crippen LogP contribution in [0, 0.1) is 0 Å². The summed E-state index contributed by atoms with van der Waals surface area (Å²) in [5.41, 5.74) is 1.68. The van der Waals surface area contributed by atoms with E-state index in [2.05, 4.69) is 49.1 Å². The number of nitrogens with zero attached hydrogens (tertiary/aromatic N) is 4. The molecule has 4 amide bonds. The lowest BCUT2D eigenvalue weighted by Gasteiger charge is -2.29. The number of imide groups is 2. The maximum absolute atomic E-state index is 13.2. The van der Waals surface area contributed by atoms with Crippen molar-refractivity contribution in [1.29, 1.82) is 0 Å². The summed E-state index contributed by atoms with van der Waals surface area (Å²) in [5, 5.41) is 0. The lowest BCUT2D eigenvalue weighted by molar-refractivity contribution is -0.00128. The monoisotopic (exact) mass is 886 g/mol. The second-order valence-electron chi connectivity index (χ2n) is 17.6. The number of amides is 4. The van der Waals surface area contributed by atoms with E-state index in [0.717, 1.165) is 12.5 Å². The minimum atomic E-state index is -1.26. The molecule has 2 aliphatic heterocycles. The summed E-state index contributed by atoms with van der Waals surface area (Å²) in [6, 6.07) is 13.8. The molecule has 0 N–H and O–H groups in total. The van der Waals surface area contributed by atoms with Crippen molar-refractivity contribution >= 4 is 39.8 Å². The Morgan fingerprint density at radius 3 is 0.918 bits per heavy atom. The van der Waals surface area contributed by atoms with Crippen LogP contribution in [0.25, 0.3) is 0 Å². The van der Waals surface area contributed by atoms with Crippen molar-refractivity contribution in [2.45, 2.75) is 39.3 Å². The summed E-state index contributed by atoms with van der Waals surface area (Å²) in [7, 11) is -2.48. The fraction of sp³-hybridized carbons (Fsp3) is 0.636. The standard InChI is InChI=1S/C44H70N4O11Si2/c1-60(2,3)35-58-33-31-56-28-26-54-24-22-46(18-20-48-43(51)39-13-9-10-14-40(39)44(48)52)16-15-45(17-19-47-41(49)37-11-7-8-12-38(37)42(47)50)21-23-53-25-27-55-29-30-57-32-34-59-36-61(4,5)6/h7-14H,15-36H2,1-6H3. The summed E-state index contributed by atoms with van der Waals surface area (Å²) in [4.78, 5) is 59.6. The van der Waals surface area contributed by atoms with Crippen molar-refractivity contribution in [1.82, 2.24) is 19.6 Å². The lowest BCUT2D eigenvalue weighted by Crippen LogP contribution is -2.45. The highest BCUT2D eigenvalue weighted by atomic mass is 28.3. The number of hydrogen-bond donors (Lipinski definition) is 0. The number of ether oxygens (including phenoxy) is 7. The van der Waals surface area contributed by atoms with Gasteiger partial charge in [-0.25, -0.2) is 0 Å². The maximum atomic E-state index is 13.2. The van der Waals surface area contributed by atoms with E-state index in [1.54, 1.807) is 48.5 Å². The van der Waals surface area contributed by atoms with E-state index in [9.17, 15) is 19.2 Å². The van der Waals surface area contributed by atoms with Gasteiger partial charge in [0, 0.05) is 64.8 Å². The number of fused-ring (bicyclic) bond motifs is 2. The van der Waals surface area contributed by atoms with Gasteiger partial charge in [-0.2, -0.15) is 0 Å². The summed E-state index contributed by atoms with van der Waals surface area (Å²) < 4.78 is 40.3. The SMILES string of the molecule is C[Si](C)(C)COCCOCCOCCOCCN(CCN(CCOCCOCCOC[Si](C)(C)C)CCN1C(=O)c2ccccc2C1=O)CCN1C(=O)c2ccccc2C1=O. The molecule has 0 atom stereocenters. The van der Waals surface area contributed by atoms with Crippen LogP contribution in [0.2, 0.25) is 39.3 Å². The minimum Gasteiger partial charge on any atom is -0.382 e. The third kappa shape index (κ3) is 18.2. The summed E-state index contributed by atoms with van der Waals surface area (Å²) in [6.45, 7) is 22.9. The van der Waals surface area contributed by atoms with Crippen molar-refractivity contribution in [3.8, 4) is 0 Å². The van der Waals surface area contributed by atoms with Crippen LogP contribution in [0.5, 0.6) is 0 Å². The van der Waals surface area contributed by atoms with E-state index < -0.39 is 16.1 Å². The van der Waals surface area contributed by atoms with E-state index in [4.69, 9.17) is 33.2 Å². The molecule has 4 rings (SSSR count). The molecule has 340 valence electrons. The Labute approximate surface area is 364 Å². The average Bonchev–Trinajstić information content (AvgIpc) is 3.61. The van der Waals surface area contributed by atoms with Gasteiger partial charge >= 0.3 is 0 Å². The van der Waals surface area contributed by atoms with Crippen molar-refractivity contribution in [2.75, 3.05) is 144 Å². The number of carbonyl (C=O) groups is 4. The Kier molecular flexibility index (Phi) is 21.9. The smallest absolute Gasteiger partial charge is 0.261 e. The molecule has 0 fully saturated rings. The molecule has 2 aliphatic rings. The Balaban J connectivity index is 1.27. The Morgan fingerprint density at radius 1 is 0.377 bits per heavy atom. The van der Waals surface area contributed by atoms with E-state index in [-0.39, 0.29) is 36.7 Å². The van der Waals surface area contributed by atoms with E-state index in [0.29, 0.717) is 141 Å². The van der Waals surface area contributed by atoms with Crippen LogP contribution < -0.4 is 0 Å². The molecule has 2 aromatic carbocycles. The molecule has 17 heteroatoms. The van der Waals surface area contributed by atoms with Crippen LogP contribution in [-0.4, -0.2) is 203 Å². The normalized spacial score (nSPS) is 14.4. The van der Waals surface area contributed by atoms with Gasteiger partial charge in [0.2, 0.25) is 0 Å². The molecule has 0 aliphatic carbocycles. The third-order valence-corrected chi connectivity index (χ3v) is 11.9. The van der Waals surface area contributed by atoms with Gasteiger partial charge in [-0.05, 0) is 24.3 Å². The fourth-order valence-corrected chi connectivity index (χ4v) is 8.08. The van der Waals surface area contributed by atoms with Crippen LogP contribution in [-0.2, 0) is 33.2 Å². The van der Waals surface area contributed by atoms with E-state index in [1.165, 1.54) is 9.80 Å². The number of carbonyl (C=O) groups excluding carboxylic acids is 4. The van der Waals surface area contributed by atoms with Crippen LogP contribution in [0.1, 0.15) is 41.4 Å². The van der Waals surface area contributed by atoms with Crippen LogP contribution >= 0.6 is 0 Å². The van der Waals surface area contributed by atoms with Crippen LogP contribution in [0.4, 0.5) is 0 Å². The molecule has 61 heavy (non-hydrogen) atoms. The van der Waals surface area contributed by atoms with Crippen molar-refractivity contribution in [3.63, 3.8) is 0 Å². The predicted octanol–water partition coefficient (Wildman–Crippen LogP) is 4.05. The Bertz CT molecular complexity index is 1600. The van der Waals surface area contributed by atoms with Crippen molar-refractivity contribution < 1.29 is 52.3 Å². The van der Waals surface area contributed by atoms with E-state index in [1.807, 2.05) is 0 Å². The van der Waals surface area contributed by atoms with Gasteiger partial charge in [0.15, 0.2) is 0 Å². The molecule has 0 unspecified atom stereocenters. The van der Waals surface area contributed by atoms with Gasteiger partial charge in [0.1, 0.15) is 0 Å². The third-order valence-electron chi connectivity index (χ3n) is 9.80. The number of benzene rings is 2. The molecule has 0 aromatic heterocycles. The second-order valence-corrected chi connectivity index (χ2v) is 28.4. The quantitative estimate of drug-likeness (QED) is 0.0567. The highest BCUT2D eigenvalue weighted by Crippen LogP contribution is 2.23. The summed E-state index contributed by atoms with van der Waals surface area (Å²) in [5.74, 6) is -1.16. The first-order chi connectivity index (χ1) is 29.2. The number of hydrogen-bond acceptors (Lipinski definition) is 13. The van der Waals surface area contributed by atoms with Gasteiger partial charge in [0.25, 0.3) is 23.6 Å². The minimum absolute atomic E-state index is 0.222. The van der Waals surface area contributed by atoms with Gasteiger partial charge in [-0.15, -0.1) is 0 Å². The second kappa shape index (κ2) is 26.4. The fourth-order valence-electron chi connectivity index (χ4n) is 6.56. The van der Waals surface area contributed by atoms with Gasteiger partial charge in [-0.1, -0.05) is 63.5 Å². The van der Waals surface area contributed by atoms with Crippen molar-refractivity contribution in [3.05, 3.63) is 70.8 Å². The topological polar surface area (TPSA) is 146 Å². The molecule has 0 saturated heterocycles. The molecule has 2 aromatic rings. The van der Waals surface area contributed by atoms with Gasteiger partial charge in [0.05, 0.1) is 118 Å². The highest BCUT2D eigenvalue weighted by molar-refractivity contribution is 6.76. The zero-order valence-electron chi connectivity index (χ0n) is 37.5. The van der Waals surface area contributed by atoms with Gasteiger partial charge < -0.3 is 33.2 Å². The molecule has 0 saturated carbocycles. The zero-order valence-corrected chi connectivity index (χ0v) is 39.5. The van der Waals surface area contributed by atoms with Crippen LogP contribution in [0.15, 0.2) is 48.5 Å². The summed E-state index contributed by atoms with van der Waals surface area (Å²) in [6.07, 6.45) is 1.63. The molecular formula is C44H70N4O11Si2. The zero-order chi connectivity index (χ0) is 44.1. The Hall–Kier alpha value is -3.21. The largest absolute Gasteiger partial charge is 0.382 e. The Morgan fingerprint density at radius 2 is 0.639 bits per heavy atom. The highest BCUT2D eigenvalue weighted by Gasteiger charge is 2.36. The summed E-state index contributed by atoms with van der Waals surface area (Å²) >= 11 is 0. The van der Waals surface area contributed by atoms with Gasteiger partial charge in [-0.3, -0.25) is 38.8 Å². The molecule has 0 radical (unpaired) electrons. The molecule has 0 spiro atoms. The molecular weight excluding hydrogens is 817 g/mol.